The minimum Gasteiger partial charge on any atom is -0.328 e. The van der Waals surface area contributed by atoms with Gasteiger partial charge in [-0.15, -0.1) is 0 Å². The van der Waals surface area contributed by atoms with Gasteiger partial charge in [-0.25, -0.2) is 9.67 Å². The molecule has 2 aromatic heterocycles. The van der Waals surface area contributed by atoms with Crippen LogP contribution in [0.25, 0.3) is 11.4 Å². The molecule has 0 bridgehead atoms. The van der Waals surface area contributed by atoms with E-state index >= 15 is 0 Å². The van der Waals surface area contributed by atoms with Crippen LogP contribution < -0.4 is 5.73 Å². The summed E-state index contributed by atoms with van der Waals surface area (Å²) in [6, 6.07) is 0.126. The maximum Gasteiger partial charge on any atom is 0.408 e. The van der Waals surface area contributed by atoms with Crippen LogP contribution >= 0.6 is 0 Å². The van der Waals surface area contributed by atoms with Crippen LogP contribution in [0, 0.1) is 6.92 Å². The molecule has 1 aliphatic carbocycles. The molecule has 0 unspecified atom stereocenters. The molecular formula is C14H19F3N6. The molecule has 0 saturated heterocycles. The van der Waals surface area contributed by atoms with Crippen molar-refractivity contribution < 1.29 is 13.2 Å². The molecule has 23 heavy (non-hydrogen) atoms. The lowest BCUT2D eigenvalue weighted by Gasteiger charge is -2.25. The van der Waals surface area contributed by atoms with E-state index in [0.29, 0.717) is 11.4 Å². The summed E-state index contributed by atoms with van der Waals surface area (Å²) >= 11 is 0. The van der Waals surface area contributed by atoms with Gasteiger partial charge in [0, 0.05) is 17.7 Å². The highest BCUT2D eigenvalue weighted by molar-refractivity contribution is 5.56. The molecule has 9 heteroatoms. The van der Waals surface area contributed by atoms with Crippen molar-refractivity contribution in [2.24, 2.45) is 5.73 Å². The van der Waals surface area contributed by atoms with E-state index in [1.807, 2.05) is 0 Å². The van der Waals surface area contributed by atoms with Crippen molar-refractivity contribution in [2.75, 3.05) is 0 Å². The third kappa shape index (κ3) is 3.54. The second-order valence-corrected chi connectivity index (χ2v) is 6.09. The molecule has 0 atom stereocenters. The van der Waals surface area contributed by atoms with Gasteiger partial charge >= 0.3 is 6.18 Å². The zero-order chi connectivity index (χ0) is 16.6. The van der Waals surface area contributed by atoms with Gasteiger partial charge in [-0.1, -0.05) is 0 Å². The average Bonchev–Trinajstić information content (AvgIpc) is 3.04. The van der Waals surface area contributed by atoms with Crippen LogP contribution in [-0.2, 0) is 6.54 Å². The van der Waals surface area contributed by atoms with E-state index in [0.717, 1.165) is 36.1 Å². The first-order valence-electron chi connectivity index (χ1n) is 7.61. The molecule has 2 aromatic rings. The molecule has 0 aliphatic heterocycles. The van der Waals surface area contributed by atoms with Crippen LogP contribution in [0.5, 0.6) is 0 Å². The topological polar surface area (TPSA) is 85.4 Å². The zero-order valence-electron chi connectivity index (χ0n) is 12.8. The van der Waals surface area contributed by atoms with Crippen LogP contribution in [0.15, 0.2) is 6.20 Å². The Hall–Kier alpha value is -1.90. The molecule has 1 fully saturated rings. The third-order valence-electron chi connectivity index (χ3n) is 4.24. The Kier molecular flexibility index (Phi) is 4.13. The standard InChI is InChI=1S/C14H19F3N6/c1-8-11(6-19-21-8)12-20-13(9-2-4-10(18)5-3-9)23(22-12)7-14(15,16)17/h6,9-10H,2-5,7,18H2,1H3,(H,19,21). The first kappa shape index (κ1) is 16.0. The van der Waals surface area contributed by atoms with Crippen molar-refractivity contribution >= 4 is 0 Å². The van der Waals surface area contributed by atoms with Crippen molar-refractivity contribution in [3.63, 3.8) is 0 Å². The summed E-state index contributed by atoms with van der Waals surface area (Å²) in [6.45, 7) is 0.654. The lowest BCUT2D eigenvalue weighted by molar-refractivity contribution is -0.143. The number of rotatable bonds is 3. The van der Waals surface area contributed by atoms with Gasteiger partial charge in [0.15, 0.2) is 5.82 Å². The van der Waals surface area contributed by atoms with Crippen molar-refractivity contribution in [3.8, 4) is 11.4 Å². The molecule has 0 radical (unpaired) electrons. The number of nitrogens with one attached hydrogen (secondary N) is 1. The zero-order valence-corrected chi connectivity index (χ0v) is 12.8. The monoisotopic (exact) mass is 328 g/mol. The molecule has 3 rings (SSSR count). The molecule has 1 saturated carbocycles. The summed E-state index contributed by atoms with van der Waals surface area (Å²) in [5.41, 5.74) is 7.23. The van der Waals surface area contributed by atoms with E-state index < -0.39 is 12.7 Å². The minimum atomic E-state index is -4.34. The predicted octanol–water partition coefficient (Wildman–Crippen LogP) is 2.52. The Balaban J connectivity index is 1.95. The second-order valence-electron chi connectivity index (χ2n) is 6.09. The number of hydrogen-bond donors (Lipinski definition) is 2. The SMILES string of the molecule is Cc1[nH]ncc1-c1nc(C2CCC(N)CC2)n(CC(F)(F)F)n1. The van der Waals surface area contributed by atoms with Crippen molar-refractivity contribution in [1.29, 1.82) is 0 Å². The molecule has 0 aromatic carbocycles. The van der Waals surface area contributed by atoms with E-state index in [9.17, 15) is 13.2 Å². The smallest absolute Gasteiger partial charge is 0.328 e. The number of aromatic nitrogens is 5. The fourth-order valence-corrected chi connectivity index (χ4v) is 3.01. The van der Waals surface area contributed by atoms with E-state index in [-0.39, 0.29) is 17.8 Å². The molecular weight excluding hydrogens is 309 g/mol. The van der Waals surface area contributed by atoms with Gasteiger partial charge < -0.3 is 5.73 Å². The lowest BCUT2D eigenvalue weighted by Crippen LogP contribution is -2.28. The van der Waals surface area contributed by atoms with E-state index in [1.54, 1.807) is 6.92 Å². The summed E-state index contributed by atoms with van der Waals surface area (Å²) in [5, 5.41) is 10.7. The largest absolute Gasteiger partial charge is 0.408 e. The van der Waals surface area contributed by atoms with Crippen LogP contribution in [0.4, 0.5) is 13.2 Å². The number of nitrogens with zero attached hydrogens (tertiary/aromatic N) is 4. The molecule has 3 N–H and O–H groups in total. The summed E-state index contributed by atoms with van der Waals surface area (Å²) in [4.78, 5) is 4.40. The maximum absolute atomic E-state index is 12.9. The van der Waals surface area contributed by atoms with Gasteiger partial charge in [-0.05, 0) is 32.6 Å². The van der Waals surface area contributed by atoms with Crippen LogP contribution in [0.1, 0.15) is 43.1 Å². The molecule has 0 spiro atoms. The van der Waals surface area contributed by atoms with Gasteiger partial charge in [-0.2, -0.15) is 23.4 Å². The van der Waals surface area contributed by atoms with E-state index in [1.165, 1.54) is 6.20 Å². The normalized spacial score (nSPS) is 22.5. The van der Waals surface area contributed by atoms with Gasteiger partial charge in [0.25, 0.3) is 0 Å². The molecule has 2 heterocycles. The second kappa shape index (κ2) is 5.95. The highest BCUT2D eigenvalue weighted by atomic mass is 19.4. The summed E-state index contributed by atoms with van der Waals surface area (Å²) in [6.07, 6.45) is 0.260. The first-order chi connectivity index (χ1) is 10.8. The predicted molar refractivity (Wildman–Crippen MR) is 77.6 cm³/mol. The Morgan fingerprint density at radius 3 is 2.57 bits per heavy atom. The number of nitrogens with two attached hydrogens (primary N) is 1. The number of aryl methyl sites for hydroxylation is 1. The first-order valence-corrected chi connectivity index (χ1v) is 7.61. The van der Waals surface area contributed by atoms with E-state index in [4.69, 9.17) is 5.73 Å². The van der Waals surface area contributed by atoms with Crippen molar-refractivity contribution in [1.82, 2.24) is 25.0 Å². The Bertz CT molecular complexity index is 666. The molecule has 126 valence electrons. The summed E-state index contributed by atoms with van der Waals surface area (Å²) < 4.78 is 39.6. The van der Waals surface area contributed by atoms with E-state index in [2.05, 4.69) is 20.3 Å². The number of hydrogen-bond acceptors (Lipinski definition) is 4. The van der Waals surface area contributed by atoms with Gasteiger partial charge in [0.2, 0.25) is 0 Å². The van der Waals surface area contributed by atoms with Gasteiger partial charge in [0.1, 0.15) is 12.4 Å². The fourth-order valence-electron chi connectivity index (χ4n) is 3.01. The number of aromatic amines is 1. The highest BCUT2D eigenvalue weighted by Crippen LogP contribution is 2.33. The number of alkyl halides is 3. The quantitative estimate of drug-likeness (QED) is 0.906. The van der Waals surface area contributed by atoms with Gasteiger partial charge in [-0.3, -0.25) is 5.10 Å². The Labute approximate surface area is 131 Å². The Morgan fingerprint density at radius 1 is 1.30 bits per heavy atom. The lowest BCUT2D eigenvalue weighted by atomic mass is 9.86. The minimum absolute atomic E-state index is 0.0365. The molecule has 0 amide bonds. The fraction of sp³-hybridized carbons (Fsp3) is 0.643. The maximum atomic E-state index is 12.9. The summed E-state index contributed by atoms with van der Waals surface area (Å²) in [5.74, 6) is 0.640. The summed E-state index contributed by atoms with van der Waals surface area (Å²) in [7, 11) is 0. The molecule has 1 aliphatic rings. The van der Waals surface area contributed by atoms with Crippen LogP contribution in [-0.4, -0.2) is 37.2 Å². The average molecular weight is 328 g/mol. The Morgan fingerprint density at radius 2 is 2.00 bits per heavy atom. The van der Waals surface area contributed by atoms with Crippen molar-refractivity contribution in [2.45, 2.75) is 57.3 Å². The highest BCUT2D eigenvalue weighted by Gasteiger charge is 2.33. The van der Waals surface area contributed by atoms with Crippen LogP contribution in [0.2, 0.25) is 0 Å². The number of H-pyrrole nitrogens is 1. The van der Waals surface area contributed by atoms with Crippen LogP contribution in [0.3, 0.4) is 0 Å². The number of halogens is 3. The van der Waals surface area contributed by atoms with Crippen molar-refractivity contribution in [3.05, 3.63) is 17.7 Å². The van der Waals surface area contributed by atoms with Gasteiger partial charge in [0.05, 0.1) is 11.8 Å². The molecule has 6 nitrogen and oxygen atoms in total. The third-order valence-corrected chi connectivity index (χ3v) is 4.24.